The molecule has 0 fully saturated rings. The van der Waals surface area contributed by atoms with Crippen LogP contribution in [0, 0.1) is 5.41 Å². The number of aryl methyl sites for hydroxylation is 1. The Bertz CT molecular complexity index is 632. The average Bonchev–Trinajstić information content (AvgIpc) is 2.42. The maximum atomic E-state index is 12.3. The van der Waals surface area contributed by atoms with E-state index in [0.29, 0.717) is 24.1 Å². The predicted octanol–water partition coefficient (Wildman–Crippen LogP) is 1.80. The van der Waals surface area contributed by atoms with E-state index in [-0.39, 0.29) is 5.91 Å². The van der Waals surface area contributed by atoms with Crippen LogP contribution >= 0.6 is 0 Å². The van der Waals surface area contributed by atoms with E-state index in [4.69, 9.17) is 0 Å². The van der Waals surface area contributed by atoms with E-state index < -0.39 is 23.3 Å². The van der Waals surface area contributed by atoms with Crippen LogP contribution in [-0.4, -0.2) is 28.9 Å². The highest BCUT2D eigenvalue weighted by molar-refractivity contribution is 5.99. The average molecular weight is 304 g/mol. The number of carboxylic acids is 1. The fourth-order valence-electron chi connectivity index (χ4n) is 2.39. The molecular formula is C16H20N2O4. The van der Waals surface area contributed by atoms with Crippen LogP contribution in [0.4, 0.5) is 5.69 Å². The van der Waals surface area contributed by atoms with Gasteiger partial charge in [0.2, 0.25) is 5.91 Å². The number of carboxylic acid groups (broad SMARTS) is 1. The van der Waals surface area contributed by atoms with Crippen LogP contribution in [0.15, 0.2) is 18.2 Å². The molecule has 6 nitrogen and oxygen atoms in total. The van der Waals surface area contributed by atoms with Gasteiger partial charge in [0.1, 0.15) is 6.04 Å². The number of benzene rings is 1. The quantitative estimate of drug-likeness (QED) is 0.793. The van der Waals surface area contributed by atoms with E-state index in [1.165, 1.54) is 0 Å². The maximum absolute atomic E-state index is 12.3. The third kappa shape index (κ3) is 3.44. The van der Waals surface area contributed by atoms with Gasteiger partial charge >= 0.3 is 5.97 Å². The van der Waals surface area contributed by atoms with E-state index in [0.717, 1.165) is 5.56 Å². The summed E-state index contributed by atoms with van der Waals surface area (Å²) in [6.07, 6.45) is 0.960. The van der Waals surface area contributed by atoms with Gasteiger partial charge in [0.05, 0.1) is 0 Å². The number of anilines is 1. The van der Waals surface area contributed by atoms with Crippen molar-refractivity contribution >= 4 is 23.5 Å². The molecular weight excluding hydrogens is 284 g/mol. The summed E-state index contributed by atoms with van der Waals surface area (Å²) in [7, 11) is 0. The fourth-order valence-corrected chi connectivity index (χ4v) is 2.39. The first-order valence-electron chi connectivity index (χ1n) is 7.15. The van der Waals surface area contributed by atoms with Gasteiger partial charge in [-0.3, -0.25) is 9.59 Å². The highest BCUT2D eigenvalue weighted by Crippen LogP contribution is 2.24. The molecule has 1 aromatic carbocycles. The Morgan fingerprint density at radius 1 is 1.27 bits per heavy atom. The molecule has 0 spiro atoms. The molecule has 2 amide bonds. The van der Waals surface area contributed by atoms with Crippen molar-refractivity contribution in [3.8, 4) is 0 Å². The molecule has 118 valence electrons. The molecule has 0 bridgehead atoms. The zero-order valence-corrected chi connectivity index (χ0v) is 12.9. The number of nitrogens with one attached hydrogen (secondary N) is 2. The highest BCUT2D eigenvalue weighted by Gasteiger charge is 2.33. The summed E-state index contributed by atoms with van der Waals surface area (Å²) in [6.45, 7) is 5.28. The molecule has 2 rings (SSSR count). The van der Waals surface area contributed by atoms with Crippen molar-refractivity contribution in [1.82, 2.24) is 5.32 Å². The number of carbonyl (C=O) groups excluding carboxylic acids is 2. The molecule has 0 aromatic heterocycles. The van der Waals surface area contributed by atoms with Gasteiger partial charge in [0, 0.05) is 17.7 Å². The van der Waals surface area contributed by atoms with Crippen molar-refractivity contribution in [3.05, 3.63) is 29.3 Å². The van der Waals surface area contributed by atoms with Crippen molar-refractivity contribution in [2.24, 2.45) is 5.41 Å². The normalized spacial score (nSPS) is 15.5. The first-order chi connectivity index (χ1) is 10.2. The van der Waals surface area contributed by atoms with Gasteiger partial charge in [-0.15, -0.1) is 0 Å². The molecule has 1 aliphatic heterocycles. The molecule has 6 heteroatoms. The number of fused-ring (bicyclic) bond motifs is 1. The van der Waals surface area contributed by atoms with E-state index in [1.807, 2.05) is 0 Å². The summed E-state index contributed by atoms with van der Waals surface area (Å²) in [4.78, 5) is 34.9. The third-order valence-electron chi connectivity index (χ3n) is 3.65. The first-order valence-corrected chi connectivity index (χ1v) is 7.15. The van der Waals surface area contributed by atoms with Crippen molar-refractivity contribution in [2.45, 2.75) is 39.7 Å². The largest absolute Gasteiger partial charge is 0.480 e. The van der Waals surface area contributed by atoms with Crippen molar-refractivity contribution in [1.29, 1.82) is 0 Å². The fraction of sp³-hybridized carbons (Fsp3) is 0.438. The molecule has 0 radical (unpaired) electrons. The number of aliphatic carboxylic acids is 1. The monoisotopic (exact) mass is 304 g/mol. The summed E-state index contributed by atoms with van der Waals surface area (Å²) in [6, 6.07) is 3.98. The highest BCUT2D eigenvalue weighted by atomic mass is 16.4. The molecule has 0 unspecified atom stereocenters. The zero-order valence-electron chi connectivity index (χ0n) is 12.9. The van der Waals surface area contributed by atoms with Crippen molar-refractivity contribution in [3.63, 3.8) is 0 Å². The Balaban J connectivity index is 2.20. The Morgan fingerprint density at radius 3 is 2.55 bits per heavy atom. The van der Waals surface area contributed by atoms with Crippen LogP contribution in [0.25, 0.3) is 0 Å². The van der Waals surface area contributed by atoms with Crippen LogP contribution in [-0.2, 0) is 16.0 Å². The lowest BCUT2D eigenvalue weighted by atomic mass is 9.86. The van der Waals surface area contributed by atoms with Gasteiger partial charge in [-0.05, 0) is 35.6 Å². The van der Waals surface area contributed by atoms with Crippen LogP contribution in [0.5, 0.6) is 0 Å². The Labute approximate surface area is 128 Å². The molecule has 0 saturated carbocycles. The van der Waals surface area contributed by atoms with Gasteiger partial charge < -0.3 is 15.7 Å². The Morgan fingerprint density at radius 2 is 1.95 bits per heavy atom. The van der Waals surface area contributed by atoms with Gasteiger partial charge in [-0.1, -0.05) is 20.8 Å². The third-order valence-corrected chi connectivity index (χ3v) is 3.65. The number of hydrogen-bond acceptors (Lipinski definition) is 3. The Kier molecular flexibility index (Phi) is 4.21. The summed E-state index contributed by atoms with van der Waals surface area (Å²) in [5, 5.41) is 14.6. The minimum atomic E-state index is -1.06. The van der Waals surface area contributed by atoms with Crippen molar-refractivity contribution in [2.75, 3.05) is 5.32 Å². The number of hydrogen-bond donors (Lipinski definition) is 3. The van der Waals surface area contributed by atoms with Crippen LogP contribution in [0.2, 0.25) is 0 Å². The molecule has 0 saturated heterocycles. The predicted molar refractivity (Wildman–Crippen MR) is 81.7 cm³/mol. The number of amides is 2. The molecule has 1 atom stereocenters. The number of carbonyl (C=O) groups is 3. The smallest absolute Gasteiger partial charge is 0.326 e. The van der Waals surface area contributed by atoms with Gasteiger partial charge in [0.25, 0.3) is 5.91 Å². The van der Waals surface area contributed by atoms with Crippen LogP contribution in [0.1, 0.15) is 43.1 Å². The van der Waals surface area contributed by atoms with Crippen molar-refractivity contribution < 1.29 is 19.5 Å². The van der Waals surface area contributed by atoms with Crippen LogP contribution < -0.4 is 10.6 Å². The lowest BCUT2D eigenvalue weighted by Gasteiger charge is -2.28. The van der Waals surface area contributed by atoms with Crippen LogP contribution in [0.3, 0.4) is 0 Å². The second-order valence-electron chi connectivity index (χ2n) is 6.53. The van der Waals surface area contributed by atoms with E-state index in [1.54, 1.807) is 39.0 Å². The molecule has 1 aromatic rings. The summed E-state index contributed by atoms with van der Waals surface area (Å²) < 4.78 is 0. The minimum absolute atomic E-state index is 0.0385. The minimum Gasteiger partial charge on any atom is -0.480 e. The standard InChI is InChI=1S/C16H20N2O4/c1-16(2,3)13(15(21)22)18-14(20)10-4-6-11-9(8-10)5-7-12(19)17-11/h4,6,8,13H,5,7H2,1-3H3,(H,17,19)(H,18,20)(H,21,22)/t13-/m0/s1. The summed E-state index contributed by atoms with van der Waals surface area (Å²) in [5.41, 5.74) is 1.39. The van der Waals surface area contributed by atoms with E-state index in [9.17, 15) is 19.5 Å². The van der Waals surface area contributed by atoms with Gasteiger partial charge in [-0.2, -0.15) is 0 Å². The lowest BCUT2D eigenvalue weighted by Crippen LogP contribution is -2.49. The molecule has 1 aliphatic rings. The lowest BCUT2D eigenvalue weighted by molar-refractivity contribution is -0.142. The second-order valence-corrected chi connectivity index (χ2v) is 6.53. The molecule has 1 heterocycles. The van der Waals surface area contributed by atoms with E-state index in [2.05, 4.69) is 10.6 Å². The molecule has 0 aliphatic carbocycles. The molecule has 22 heavy (non-hydrogen) atoms. The Hall–Kier alpha value is -2.37. The zero-order chi connectivity index (χ0) is 16.5. The maximum Gasteiger partial charge on any atom is 0.326 e. The van der Waals surface area contributed by atoms with E-state index >= 15 is 0 Å². The topological polar surface area (TPSA) is 95.5 Å². The SMILES string of the molecule is CC(C)(C)[C@@H](NC(=O)c1ccc2c(c1)CCC(=O)N2)C(=O)O. The first kappa shape index (κ1) is 16.0. The second kappa shape index (κ2) is 5.79. The van der Waals surface area contributed by atoms with Gasteiger partial charge in [0.15, 0.2) is 0 Å². The van der Waals surface area contributed by atoms with Gasteiger partial charge in [-0.25, -0.2) is 4.79 Å². The molecule has 3 N–H and O–H groups in total. The number of rotatable bonds is 3. The summed E-state index contributed by atoms with van der Waals surface area (Å²) >= 11 is 0. The summed E-state index contributed by atoms with van der Waals surface area (Å²) in [5.74, 6) is -1.53.